The number of rotatable bonds is 2. The molecule has 2 aliphatic heterocycles. The molecule has 0 spiro atoms. The summed E-state index contributed by atoms with van der Waals surface area (Å²) >= 11 is 0. The second kappa shape index (κ2) is 5.70. The van der Waals surface area contributed by atoms with Gasteiger partial charge in [0.2, 0.25) is 0 Å². The maximum absolute atomic E-state index is 12.9. The average molecular weight is 329 g/mol. The predicted molar refractivity (Wildman–Crippen MR) is 82.9 cm³/mol. The zero-order valence-electron chi connectivity index (χ0n) is 13.3. The van der Waals surface area contributed by atoms with Gasteiger partial charge < -0.3 is 9.57 Å². The third-order valence-corrected chi connectivity index (χ3v) is 5.41. The Morgan fingerprint density at radius 2 is 1.79 bits per heavy atom. The fraction of sp³-hybridized carbons (Fsp3) is 0.500. The molecule has 0 radical (unpaired) electrons. The first-order chi connectivity index (χ1) is 11.6. The number of hydrogen-bond acceptors (Lipinski definition) is 5. The molecule has 24 heavy (non-hydrogen) atoms. The van der Waals surface area contributed by atoms with Crippen LogP contribution in [0.15, 0.2) is 24.3 Å². The summed E-state index contributed by atoms with van der Waals surface area (Å²) in [6.07, 6.45) is 4.91. The van der Waals surface area contributed by atoms with Crippen LogP contribution in [-0.4, -0.2) is 35.6 Å². The lowest BCUT2D eigenvalue weighted by Crippen LogP contribution is -2.44. The summed E-state index contributed by atoms with van der Waals surface area (Å²) < 4.78 is 5.75. The van der Waals surface area contributed by atoms with Crippen LogP contribution in [0.1, 0.15) is 59.2 Å². The standard InChI is InChI=1S/C18H19NO5/c20-15-12-6-3-4-7-13(12)16(21)19(15)24-17(22)18-9-5-1-2-8-14(18)23-11-10-18/h3-4,6-7,14H,1-2,5,8-11H2/t14-,18-/m1/s1. The minimum absolute atomic E-state index is 0.178. The maximum atomic E-state index is 12.9. The van der Waals surface area contributed by atoms with E-state index in [9.17, 15) is 14.4 Å². The summed E-state index contributed by atoms with van der Waals surface area (Å²) in [5, 5.41) is 0.613. The largest absolute Gasteiger partial charge is 0.377 e. The van der Waals surface area contributed by atoms with E-state index in [0.717, 1.165) is 25.7 Å². The first-order valence-corrected chi connectivity index (χ1v) is 8.45. The van der Waals surface area contributed by atoms with Crippen LogP contribution in [-0.2, 0) is 14.4 Å². The van der Waals surface area contributed by atoms with E-state index >= 15 is 0 Å². The van der Waals surface area contributed by atoms with Gasteiger partial charge in [0, 0.05) is 6.61 Å². The van der Waals surface area contributed by atoms with Gasteiger partial charge in [-0.1, -0.05) is 36.5 Å². The number of nitrogens with zero attached hydrogens (tertiary/aromatic N) is 1. The number of benzene rings is 1. The van der Waals surface area contributed by atoms with E-state index in [0.29, 0.717) is 24.5 Å². The lowest BCUT2D eigenvalue weighted by Gasteiger charge is -2.30. The highest BCUT2D eigenvalue weighted by Crippen LogP contribution is 2.45. The molecule has 1 aliphatic carbocycles. The Morgan fingerprint density at radius 1 is 1.08 bits per heavy atom. The van der Waals surface area contributed by atoms with Crippen molar-refractivity contribution in [1.29, 1.82) is 0 Å². The van der Waals surface area contributed by atoms with Gasteiger partial charge in [-0.15, -0.1) is 0 Å². The van der Waals surface area contributed by atoms with Gasteiger partial charge >= 0.3 is 5.97 Å². The van der Waals surface area contributed by atoms with Crippen molar-refractivity contribution in [2.24, 2.45) is 5.41 Å². The van der Waals surface area contributed by atoms with Gasteiger partial charge in [0.25, 0.3) is 11.8 Å². The first kappa shape index (κ1) is 15.3. The summed E-state index contributed by atoms with van der Waals surface area (Å²) in [4.78, 5) is 43.0. The quantitative estimate of drug-likeness (QED) is 0.779. The topological polar surface area (TPSA) is 72.9 Å². The van der Waals surface area contributed by atoms with Gasteiger partial charge in [0.05, 0.1) is 22.6 Å². The van der Waals surface area contributed by atoms with E-state index in [1.54, 1.807) is 24.3 Å². The maximum Gasteiger partial charge on any atom is 0.342 e. The minimum Gasteiger partial charge on any atom is -0.377 e. The molecule has 2 atom stereocenters. The third-order valence-electron chi connectivity index (χ3n) is 5.41. The Labute approximate surface area is 139 Å². The van der Waals surface area contributed by atoms with Crippen molar-refractivity contribution in [3.05, 3.63) is 35.4 Å². The summed E-state index contributed by atoms with van der Waals surface area (Å²) in [6, 6.07) is 6.49. The van der Waals surface area contributed by atoms with Crippen LogP contribution in [0.5, 0.6) is 0 Å². The monoisotopic (exact) mass is 329 g/mol. The summed E-state index contributed by atoms with van der Waals surface area (Å²) in [5.74, 6) is -1.67. The van der Waals surface area contributed by atoms with E-state index in [-0.39, 0.29) is 17.2 Å². The Morgan fingerprint density at radius 3 is 2.50 bits per heavy atom. The molecule has 4 rings (SSSR count). The van der Waals surface area contributed by atoms with E-state index < -0.39 is 23.2 Å². The van der Waals surface area contributed by atoms with Gasteiger partial charge in [-0.25, -0.2) is 4.79 Å². The van der Waals surface area contributed by atoms with E-state index in [2.05, 4.69) is 0 Å². The zero-order chi connectivity index (χ0) is 16.7. The van der Waals surface area contributed by atoms with Crippen LogP contribution >= 0.6 is 0 Å². The van der Waals surface area contributed by atoms with Crippen LogP contribution < -0.4 is 0 Å². The molecule has 1 saturated carbocycles. The molecule has 3 aliphatic rings. The Balaban J connectivity index is 1.58. The molecule has 2 amide bonds. The van der Waals surface area contributed by atoms with Crippen LogP contribution in [0, 0.1) is 5.41 Å². The van der Waals surface area contributed by atoms with Crippen molar-refractivity contribution < 1.29 is 24.0 Å². The second-order valence-electron chi connectivity index (χ2n) is 6.69. The molecule has 2 heterocycles. The normalized spacial score (nSPS) is 29.2. The molecular weight excluding hydrogens is 310 g/mol. The Kier molecular flexibility index (Phi) is 3.64. The average Bonchev–Trinajstić information content (AvgIpc) is 3.03. The highest BCUT2D eigenvalue weighted by molar-refractivity contribution is 6.20. The molecule has 0 N–H and O–H groups in total. The zero-order valence-corrected chi connectivity index (χ0v) is 13.3. The van der Waals surface area contributed by atoms with Crippen molar-refractivity contribution >= 4 is 17.8 Å². The smallest absolute Gasteiger partial charge is 0.342 e. The molecule has 2 fully saturated rings. The molecule has 1 aromatic carbocycles. The number of fused-ring (bicyclic) bond motifs is 2. The van der Waals surface area contributed by atoms with Crippen molar-refractivity contribution in [2.45, 2.75) is 44.6 Å². The molecule has 6 nitrogen and oxygen atoms in total. The highest BCUT2D eigenvalue weighted by Gasteiger charge is 2.53. The summed E-state index contributed by atoms with van der Waals surface area (Å²) in [5.41, 5.74) is -0.188. The number of imide groups is 1. The van der Waals surface area contributed by atoms with Gasteiger partial charge in [0.1, 0.15) is 0 Å². The molecular formula is C18H19NO5. The van der Waals surface area contributed by atoms with Crippen LogP contribution in [0.4, 0.5) is 0 Å². The summed E-state index contributed by atoms with van der Waals surface area (Å²) in [6.45, 7) is 0.516. The lowest BCUT2D eigenvalue weighted by atomic mass is 9.77. The Bertz CT molecular complexity index is 680. The fourth-order valence-corrected chi connectivity index (χ4v) is 4.06. The van der Waals surface area contributed by atoms with Crippen molar-refractivity contribution in [1.82, 2.24) is 5.06 Å². The van der Waals surface area contributed by atoms with E-state index in [4.69, 9.17) is 9.57 Å². The van der Waals surface area contributed by atoms with Crippen LogP contribution in [0.3, 0.4) is 0 Å². The molecule has 1 saturated heterocycles. The highest BCUT2D eigenvalue weighted by atomic mass is 16.7. The molecule has 0 bridgehead atoms. The second-order valence-corrected chi connectivity index (χ2v) is 6.69. The van der Waals surface area contributed by atoms with Gasteiger partial charge in [-0.05, 0) is 31.4 Å². The van der Waals surface area contributed by atoms with Crippen molar-refractivity contribution in [3.63, 3.8) is 0 Å². The number of ether oxygens (including phenoxy) is 1. The predicted octanol–water partition coefficient (Wildman–Crippen LogP) is 2.48. The lowest BCUT2D eigenvalue weighted by molar-refractivity contribution is -0.185. The Hall–Kier alpha value is -2.21. The molecule has 126 valence electrons. The van der Waals surface area contributed by atoms with Gasteiger partial charge in [-0.3, -0.25) is 9.59 Å². The number of amides is 2. The van der Waals surface area contributed by atoms with Gasteiger partial charge in [-0.2, -0.15) is 0 Å². The number of carbonyl (C=O) groups is 3. The number of hydrogen-bond donors (Lipinski definition) is 0. The van der Waals surface area contributed by atoms with Crippen molar-refractivity contribution in [2.75, 3.05) is 6.61 Å². The first-order valence-electron chi connectivity index (χ1n) is 8.45. The molecule has 6 heteroatoms. The third kappa shape index (κ3) is 2.17. The van der Waals surface area contributed by atoms with Crippen LogP contribution in [0.2, 0.25) is 0 Å². The molecule has 0 aromatic heterocycles. The van der Waals surface area contributed by atoms with E-state index in [1.807, 2.05) is 0 Å². The summed E-state index contributed by atoms with van der Waals surface area (Å²) in [7, 11) is 0. The minimum atomic E-state index is -0.730. The van der Waals surface area contributed by atoms with Crippen molar-refractivity contribution in [3.8, 4) is 0 Å². The van der Waals surface area contributed by atoms with Gasteiger partial charge in [0.15, 0.2) is 0 Å². The van der Waals surface area contributed by atoms with Crippen LogP contribution in [0.25, 0.3) is 0 Å². The SMILES string of the molecule is O=C1c2ccccc2C(=O)N1OC(=O)[C@@]12CCCCC[C@H]1OCC2. The number of hydroxylamine groups is 2. The number of carbonyl (C=O) groups excluding carboxylic acids is 3. The fourth-order valence-electron chi connectivity index (χ4n) is 4.06. The van der Waals surface area contributed by atoms with E-state index in [1.165, 1.54) is 0 Å². The molecule has 0 unspecified atom stereocenters. The molecule has 1 aromatic rings.